The van der Waals surface area contributed by atoms with Crippen molar-refractivity contribution in [2.75, 3.05) is 6.54 Å². The fourth-order valence-electron chi connectivity index (χ4n) is 3.13. The number of hydrogen-bond donors (Lipinski definition) is 1. The lowest BCUT2D eigenvalue weighted by Gasteiger charge is -2.18. The third kappa shape index (κ3) is 2.05. The largest absolute Gasteiger partial charge is 0.312 e. The standard InChI is InChI=1S/C15H19N/c1-2-4-12(5-3-1)10-16-11-15-9-13-6-7-14(15)8-13/h1-7,13-16H,8-11H2/t13-,14+,15-/m0/s1. The lowest BCUT2D eigenvalue weighted by molar-refractivity contribution is 0.414. The van der Waals surface area contributed by atoms with Crippen molar-refractivity contribution in [3.8, 4) is 0 Å². The molecule has 1 fully saturated rings. The highest BCUT2D eigenvalue weighted by molar-refractivity contribution is 5.14. The summed E-state index contributed by atoms with van der Waals surface area (Å²) in [7, 11) is 0. The van der Waals surface area contributed by atoms with Gasteiger partial charge in [-0.15, -0.1) is 0 Å². The molecule has 16 heavy (non-hydrogen) atoms. The second-order valence-electron chi connectivity index (χ2n) is 5.16. The summed E-state index contributed by atoms with van der Waals surface area (Å²) < 4.78 is 0. The van der Waals surface area contributed by atoms with Crippen molar-refractivity contribution in [3.05, 3.63) is 48.0 Å². The van der Waals surface area contributed by atoms with Gasteiger partial charge in [-0.05, 0) is 42.7 Å². The predicted molar refractivity (Wildman–Crippen MR) is 67.0 cm³/mol. The Morgan fingerprint density at radius 2 is 1.94 bits per heavy atom. The minimum absolute atomic E-state index is 0.869. The van der Waals surface area contributed by atoms with Crippen LogP contribution in [0, 0.1) is 17.8 Å². The van der Waals surface area contributed by atoms with Gasteiger partial charge in [0.05, 0.1) is 0 Å². The first-order chi connectivity index (χ1) is 7.92. The van der Waals surface area contributed by atoms with Crippen LogP contribution in [0.25, 0.3) is 0 Å². The van der Waals surface area contributed by atoms with Gasteiger partial charge in [0.25, 0.3) is 0 Å². The van der Waals surface area contributed by atoms with Gasteiger partial charge in [0.1, 0.15) is 0 Å². The highest BCUT2D eigenvalue weighted by Gasteiger charge is 2.34. The molecule has 84 valence electrons. The number of allylic oxidation sites excluding steroid dienone is 2. The summed E-state index contributed by atoms with van der Waals surface area (Å²) in [4.78, 5) is 0. The summed E-state index contributed by atoms with van der Waals surface area (Å²) in [6, 6.07) is 10.7. The van der Waals surface area contributed by atoms with Crippen LogP contribution < -0.4 is 5.32 Å². The zero-order valence-corrected chi connectivity index (χ0v) is 9.60. The van der Waals surface area contributed by atoms with Gasteiger partial charge in [-0.25, -0.2) is 0 Å². The summed E-state index contributed by atoms with van der Waals surface area (Å²) in [5.41, 5.74) is 1.39. The van der Waals surface area contributed by atoms with Crippen LogP contribution in [0.5, 0.6) is 0 Å². The van der Waals surface area contributed by atoms with Crippen molar-refractivity contribution in [2.24, 2.45) is 17.8 Å². The SMILES string of the molecule is C1=C[C@@H]2C[C@H]1C[C@H]2CNCc1ccccc1. The average molecular weight is 213 g/mol. The van der Waals surface area contributed by atoms with Gasteiger partial charge in [-0.1, -0.05) is 42.5 Å². The molecule has 1 saturated carbocycles. The van der Waals surface area contributed by atoms with Crippen molar-refractivity contribution in [1.82, 2.24) is 5.32 Å². The predicted octanol–water partition coefficient (Wildman–Crippen LogP) is 2.99. The van der Waals surface area contributed by atoms with E-state index in [1.807, 2.05) is 0 Å². The molecule has 0 unspecified atom stereocenters. The second-order valence-corrected chi connectivity index (χ2v) is 5.16. The molecule has 0 aromatic heterocycles. The Balaban J connectivity index is 1.46. The van der Waals surface area contributed by atoms with E-state index in [-0.39, 0.29) is 0 Å². The molecule has 0 amide bonds. The maximum Gasteiger partial charge on any atom is 0.0205 e. The van der Waals surface area contributed by atoms with E-state index in [0.29, 0.717) is 0 Å². The third-order valence-electron chi connectivity index (χ3n) is 3.99. The molecular formula is C15H19N. The zero-order chi connectivity index (χ0) is 10.8. The Hall–Kier alpha value is -1.08. The summed E-state index contributed by atoms with van der Waals surface area (Å²) >= 11 is 0. The Morgan fingerprint density at radius 1 is 1.06 bits per heavy atom. The van der Waals surface area contributed by atoms with Gasteiger partial charge in [-0.2, -0.15) is 0 Å². The molecule has 0 saturated heterocycles. The first-order valence-corrected chi connectivity index (χ1v) is 6.35. The molecular weight excluding hydrogens is 194 g/mol. The maximum absolute atomic E-state index is 3.59. The monoisotopic (exact) mass is 213 g/mol. The lowest BCUT2D eigenvalue weighted by Crippen LogP contribution is -2.25. The van der Waals surface area contributed by atoms with Gasteiger partial charge in [0.2, 0.25) is 0 Å². The van der Waals surface area contributed by atoms with Crippen LogP contribution in [0.2, 0.25) is 0 Å². The fourth-order valence-corrected chi connectivity index (χ4v) is 3.13. The third-order valence-corrected chi connectivity index (χ3v) is 3.99. The molecule has 1 heteroatoms. The van der Waals surface area contributed by atoms with Crippen molar-refractivity contribution in [1.29, 1.82) is 0 Å². The van der Waals surface area contributed by atoms with Crippen molar-refractivity contribution in [3.63, 3.8) is 0 Å². The normalized spacial score (nSPS) is 31.1. The first kappa shape index (κ1) is 10.1. The number of nitrogens with one attached hydrogen (secondary N) is 1. The molecule has 3 rings (SSSR count). The smallest absolute Gasteiger partial charge is 0.0205 e. The maximum atomic E-state index is 3.59. The van der Waals surface area contributed by atoms with Gasteiger partial charge in [-0.3, -0.25) is 0 Å². The van der Waals surface area contributed by atoms with Gasteiger partial charge < -0.3 is 5.32 Å². The van der Waals surface area contributed by atoms with Crippen LogP contribution in [-0.2, 0) is 6.54 Å². The van der Waals surface area contributed by atoms with Crippen LogP contribution in [0.4, 0.5) is 0 Å². The van der Waals surface area contributed by atoms with Gasteiger partial charge in [0, 0.05) is 6.54 Å². The Morgan fingerprint density at radius 3 is 2.62 bits per heavy atom. The Kier molecular flexibility index (Phi) is 2.79. The van der Waals surface area contributed by atoms with E-state index in [1.54, 1.807) is 0 Å². The Labute approximate surface area is 97.6 Å². The van der Waals surface area contributed by atoms with Gasteiger partial charge >= 0.3 is 0 Å². The topological polar surface area (TPSA) is 12.0 Å². The first-order valence-electron chi connectivity index (χ1n) is 6.35. The summed E-state index contributed by atoms with van der Waals surface area (Å²) in [6.07, 6.45) is 7.67. The number of fused-ring (bicyclic) bond motifs is 2. The highest BCUT2D eigenvalue weighted by atomic mass is 14.9. The van der Waals surface area contributed by atoms with Crippen LogP contribution in [-0.4, -0.2) is 6.54 Å². The highest BCUT2D eigenvalue weighted by Crippen LogP contribution is 2.42. The van der Waals surface area contributed by atoms with E-state index in [4.69, 9.17) is 0 Å². The molecule has 1 nitrogen and oxygen atoms in total. The van der Waals surface area contributed by atoms with Crippen LogP contribution >= 0.6 is 0 Å². The fraction of sp³-hybridized carbons (Fsp3) is 0.467. The molecule has 1 aromatic rings. The molecule has 2 bridgehead atoms. The molecule has 0 spiro atoms. The van der Waals surface area contributed by atoms with E-state index in [2.05, 4.69) is 47.8 Å². The van der Waals surface area contributed by atoms with Crippen LogP contribution in [0.1, 0.15) is 18.4 Å². The van der Waals surface area contributed by atoms with Crippen molar-refractivity contribution in [2.45, 2.75) is 19.4 Å². The molecule has 2 aliphatic carbocycles. The van der Waals surface area contributed by atoms with E-state index in [1.165, 1.54) is 24.9 Å². The van der Waals surface area contributed by atoms with Crippen molar-refractivity contribution >= 4 is 0 Å². The second kappa shape index (κ2) is 4.42. The van der Waals surface area contributed by atoms with Crippen LogP contribution in [0.15, 0.2) is 42.5 Å². The molecule has 1 aromatic carbocycles. The van der Waals surface area contributed by atoms with Crippen LogP contribution in [0.3, 0.4) is 0 Å². The molecule has 0 radical (unpaired) electrons. The molecule has 0 aliphatic heterocycles. The molecule has 3 atom stereocenters. The van der Waals surface area contributed by atoms with E-state index >= 15 is 0 Å². The summed E-state index contributed by atoms with van der Waals surface area (Å²) in [5.74, 6) is 2.65. The number of hydrogen-bond acceptors (Lipinski definition) is 1. The van der Waals surface area contributed by atoms with E-state index in [0.717, 1.165) is 24.3 Å². The zero-order valence-electron chi connectivity index (χ0n) is 9.60. The number of rotatable bonds is 4. The summed E-state index contributed by atoms with van der Waals surface area (Å²) in [5, 5.41) is 3.59. The molecule has 1 N–H and O–H groups in total. The molecule has 0 heterocycles. The average Bonchev–Trinajstić information content (AvgIpc) is 2.92. The number of benzene rings is 1. The summed E-state index contributed by atoms with van der Waals surface area (Å²) in [6.45, 7) is 2.19. The Bertz CT molecular complexity index is 368. The minimum Gasteiger partial charge on any atom is -0.312 e. The van der Waals surface area contributed by atoms with E-state index < -0.39 is 0 Å². The quantitative estimate of drug-likeness (QED) is 0.758. The van der Waals surface area contributed by atoms with E-state index in [9.17, 15) is 0 Å². The van der Waals surface area contributed by atoms with Gasteiger partial charge in [0.15, 0.2) is 0 Å². The van der Waals surface area contributed by atoms with Crippen molar-refractivity contribution < 1.29 is 0 Å². The molecule has 2 aliphatic rings. The lowest BCUT2D eigenvalue weighted by atomic mass is 9.93. The minimum atomic E-state index is 0.869.